The summed E-state index contributed by atoms with van der Waals surface area (Å²) in [6.45, 7) is 2.77. The number of alkyl halides is 2. The summed E-state index contributed by atoms with van der Waals surface area (Å²) in [6, 6.07) is 8.02. The second kappa shape index (κ2) is 9.42. The van der Waals surface area contributed by atoms with Crippen LogP contribution in [0, 0.1) is 0 Å². The van der Waals surface area contributed by atoms with Crippen molar-refractivity contribution in [2.45, 2.75) is 13.0 Å². The first kappa shape index (κ1) is 20.0. The summed E-state index contributed by atoms with van der Waals surface area (Å²) in [4.78, 5) is 29.1. The van der Waals surface area contributed by atoms with Crippen molar-refractivity contribution in [3.8, 4) is 5.75 Å². The van der Waals surface area contributed by atoms with Gasteiger partial charge in [-0.1, -0.05) is 6.58 Å². The lowest BCUT2D eigenvalue weighted by molar-refractivity contribution is -0.113. The Hall–Kier alpha value is -3.29. The number of nitrogens with one attached hydrogen (secondary N) is 1. The molecule has 2 rings (SSSR count). The number of carbonyl (C=O) groups excluding carboxylic acids is 2. The van der Waals surface area contributed by atoms with Crippen molar-refractivity contribution in [1.29, 1.82) is 0 Å². The van der Waals surface area contributed by atoms with Crippen LogP contribution in [0.25, 0.3) is 0 Å². The van der Waals surface area contributed by atoms with Crippen LogP contribution in [-0.4, -0.2) is 36.9 Å². The summed E-state index contributed by atoms with van der Waals surface area (Å²) in [7, 11) is 1.60. The number of carbonyl (C=O) groups is 2. The Balaban J connectivity index is 2.00. The maximum atomic E-state index is 12.3. The van der Waals surface area contributed by atoms with Crippen LogP contribution in [0.2, 0.25) is 0 Å². The van der Waals surface area contributed by atoms with Gasteiger partial charge in [0.05, 0.1) is 6.20 Å². The molecule has 8 heteroatoms. The zero-order valence-electron chi connectivity index (χ0n) is 14.7. The fraction of sp³-hybridized carbons (Fsp3) is 0.211. The fourth-order valence-electron chi connectivity index (χ4n) is 2.22. The zero-order valence-corrected chi connectivity index (χ0v) is 14.7. The number of anilines is 1. The van der Waals surface area contributed by atoms with Crippen LogP contribution in [0.3, 0.4) is 0 Å². The van der Waals surface area contributed by atoms with Gasteiger partial charge in [0.2, 0.25) is 5.91 Å². The van der Waals surface area contributed by atoms with E-state index in [9.17, 15) is 18.4 Å². The molecule has 1 aromatic carbocycles. The molecule has 0 saturated carbocycles. The van der Waals surface area contributed by atoms with E-state index in [0.717, 1.165) is 0 Å². The van der Waals surface area contributed by atoms with Crippen LogP contribution in [0.1, 0.15) is 15.9 Å². The van der Waals surface area contributed by atoms with Crippen molar-refractivity contribution < 1.29 is 23.1 Å². The van der Waals surface area contributed by atoms with Gasteiger partial charge in [-0.3, -0.25) is 14.6 Å². The molecule has 0 atom stereocenters. The Morgan fingerprint density at radius 1 is 1.30 bits per heavy atom. The van der Waals surface area contributed by atoms with Crippen LogP contribution in [0.4, 0.5) is 14.5 Å². The van der Waals surface area contributed by atoms with E-state index in [1.807, 2.05) is 0 Å². The van der Waals surface area contributed by atoms with Crippen LogP contribution in [-0.2, 0) is 11.3 Å². The Bertz CT molecular complexity index is 810. The minimum absolute atomic E-state index is 0.0938. The average molecular weight is 375 g/mol. The van der Waals surface area contributed by atoms with Crippen molar-refractivity contribution >= 4 is 17.5 Å². The van der Waals surface area contributed by atoms with Gasteiger partial charge in [-0.05, 0) is 36.4 Å². The number of likely N-dealkylation sites (N-methyl/N-ethyl adjacent to an activating group) is 1. The molecule has 6 nitrogen and oxygen atoms in total. The SMILES string of the molecule is C=CC(=O)N(C)c1ccc(C(=O)NCc2ccncc2OCC(F)F)cc1. The Morgan fingerprint density at radius 3 is 2.63 bits per heavy atom. The molecule has 0 aliphatic carbocycles. The molecule has 0 fully saturated rings. The van der Waals surface area contributed by atoms with Crippen molar-refractivity contribution in [3.05, 3.63) is 66.5 Å². The van der Waals surface area contributed by atoms with Gasteiger partial charge < -0.3 is 15.0 Å². The molecule has 0 saturated heterocycles. The molecular weight excluding hydrogens is 356 g/mol. The molecule has 1 heterocycles. The number of nitrogens with zero attached hydrogens (tertiary/aromatic N) is 2. The van der Waals surface area contributed by atoms with Gasteiger partial charge in [0.15, 0.2) is 0 Å². The number of amides is 2. The van der Waals surface area contributed by atoms with Crippen LogP contribution in [0.15, 0.2) is 55.4 Å². The second-order valence-electron chi connectivity index (χ2n) is 5.52. The maximum absolute atomic E-state index is 12.3. The topological polar surface area (TPSA) is 71.5 Å². The van der Waals surface area contributed by atoms with Crippen molar-refractivity contribution in [2.24, 2.45) is 0 Å². The normalized spacial score (nSPS) is 10.4. The molecule has 0 radical (unpaired) electrons. The zero-order chi connectivity index (χ0) is 19.8. The van der Waals surface area contributed by atoms with E-state index in [0.29, 0.717) is 16.8 Å². The first-order valence-electron chi connectivity index (χ1n) is 8.04. The van der Waals surface area contributed by atoms with Crippen molar-refractivity contribution in [3.63, 3.8) is 0 Å². The Kier molecular flexibility index (Phi) is 6.99. The minimum Gasteiger partial charge on any atom is -0.486 e. The largest absolute Gasteiger partial charge is 0.486 e. The van der Waals surface area contributed by atoms with Gasteiger partial charge in [-0.2, -0.15) is 0 Å². The van der Waals surface area contributed by atoms with E-state index in [4.69, 9.17) is 4.74 Å². The molecule has 1 aromatic heterocycles. The fourth-order valence-corrected chi connectivity index (χ4v) is 2.22. The maximum Gasteiger partial charge on any atom is 0.272 e. The Morgan fingerprint density at radius 2 is 2.00 bits per heavy atom. The van der Waals surface area contributed by atoms with Gasteiger partial charge >= 0.3 is 0 Å². The monoisotopic (exact) mass is 375 g/mol. The highest BCUT2D eigenvalue weighted by Gasteiger charge is 2.12. The first-order chi connectivity index (χ1) is 12.9. The average Bonchev–Trinajstić information content (AvgIpc) is 2.69. The number of halogens is 2. The second-order valence-corrected chi connectivity index (χ2v) is 5.52. The number of hydrogen-bond donors (Lipinski definition) is 1. The summed E-state index contributed by atoms with van der Waals surface area (Å²) in [5.74, 6) is -0.421. The van der Waals surface area contributed by atoms with Crippen LogP contribution in [0.5, 0.6) is 5.75 Å². The molecular formula is C19H19F2N3O3. The summed E-state index contributed by atoms with van der Waals surface area (Å²) in [5.41, 5.74) is 1.54. The third-order valence-electron chi connectivity index (χ3n) is 3.70. The summed E-state index contributed by atoms with van der Waals surface area (Å²) < 4.78 is 29.6. The van der Waals surface area contributed by atoms with E-state index in [1.165, 1.54) is 23.4 Å². The highest BCUT2D eigenvalue weighted by atomic mass is 19.3. The van der Waals surface area contributed by atoms with Gasteiger partial charge in [-0.25, -0.2) is 8.78 Å². The first-order valence-corrected chi connectivity index (χ1v) is 8.04. The van der Waals surface area contributed by atoms with Crippen LogP contribution >= 0.6 is 0 Å². The van der Waals surface area contributed by atoms with E-state index in [2.05, 4.69) is 16.9 Å². The highest BCUT2D eigenvalue weighted by molar-refractivity contribution is 6.01. The quantitative estimate of drug-likeness (QED) is 0.721. The van der Waals surface area contributed by atoms with E-state index in [1.54, 1.807) is 37.4 Å². The van der Waals surface area contributed by atoms with E-state index in [-0.39, 0.29) is 24.1 Å². The third-order valence-corrected chi connectivity index (χ3v) is 3.70. The summed E-state index contributed by atoms with van der Waals surface area (Å²) in [6.07, 6.45) is 1.41. The number of pyridine rings is 1. The van der Waals surface area contributed by atoms with Gasteiger partial charge in [-0.15, -0.1) is 0 Å². The Labute approximate surface area is 155 Å². The lowest BCUT2D eigenvalue weighted by Crippen LogP contribution is -2.25. The molecule has 27 heavy (non-hydrogen) atoms. The number of rotatable bonds is 8. The molecule has 0 bridgehead atoms. The number of hydrogen-bond acceptors (Lipinski definition) is 4. The van der Waals surface area contributed by atoms with Gasteiger partial charge in [0.1, 0.15) is 12.4 Å². The van der Waals surface area contributed by atoms with Gasteiger partial charge in [0.25, 0.3) is 12.3 Å². The number of benzene rings is 1. The third kappa shape index (κ3) is 5.60. The molecule has 142 valence electrons. The van der Waals surface area contributed by atoms with E-state index < -0.39 is 13.0 Å². The molecule has 0 aliphatic heterocycles. The van der Waals surface area contributed by atoms with Gasteiger partial charge in [0, 0.05) is 36.6 Å². The van der Waals surface area contributed by atoms with Crippen molar-refractivity contribution in [2.75, 3.05) is 18.6 Å². The van der Waals surface area contributed by atoms with E-state index >= 15 is 0 Å². The number of aromatic nitrogens is 1. The molecule has 0 aliphatic rings. The van der Waals surface area contributed by atoms with Crippen molar-refractivity contribution in [1.82, 2.24) is 10.3 Å². The molecule has 0 spiro atoms. The lowest BCUT2D eigenvalue weighted by atomic mass is 10.1. The summed E-state index contributed by atoms with van der Waals surface area (Å²) >= 11 is 0. The van der Waals surface area contributed by atoms with Crippen LogP contribution < -0.4 is 15.0 Å². The molecule has 2 amide bonds. The lowest BCUT2D eigenvalue weighted by Gasteiger charge is -2.15. The molecule has 2 aromatic rings. The number of ether oxygens (including phenoxy) is 1. The highest BCUT2D eigenvalue weighted by Crippen LogP contribution is 2.18. The minimum atomic E-state index is -2.60. The standard InChI is InChI=1S/C19H19F2N3O3/c1-3-18(25)24(2)15-6-4-13(5-7-15)19(26)23-10-14-8-9-22-11-16(14)27-12-17(20)21/h3-9,11,17H,1,10,12H2,2H3,(H,23,26). The smallest absolute Gasteiger partial charge is 0.272 e. The predicted octanol–water partition coefficient (Wildman–Crippen LogP) is 2.80. The summed E-state index contributed by atoms with van der Waals surface area (Å²) in [5, 5.41) is 2.69. The molecule has 0 unspecified atom stereocenters. The molecule has 1 N–H and O–H groups in total. The predicted molar refractivity (Wildman–Crippen MR) is 97.0 cm³/mol.